The molecule has 1 saturated heterocycles. The van der Waals surface area contributed by atoms with E-state index in [9.17, 15) is 9.65 Å². The number of nitrogens with one attached hydrogen (secondary N) is 1. The average Bonchev–Trinajstić information content (AvgIpc) is 3.39. The predicted octanol–water partition coefficient (Wildman–Crippen LogP) is 3.64. The van der Waals surface area contributed by atoms with Gasteiger partial charge >= 0.3 is 0 Å². The number of anilines is 2. The number of nitrogens with two attached hydrogens (primary N) is 1. The molecule has 5 rings (SSSR count). The molecule has 8 heteroatoms. The fourth-order valence-corrected chi connectivity index (χ4v) is 4.78. The summed E-state index contributed by atoms with van der Waals surface area (Å²) in [5, 5.41) is 12.4. The van der Waals surface area contributed by atoms with Crippen molar-refractivity contribution >= 4 is 11.4 Å². The molecule has 1 aromatic carbocycles. The van der Waals surface area contributed by atoms with Gasteiger partial charge in [0.1, 0.15) is 17.6 Å². The summed E-state index contributed by atoms with van der Waals surface area (Å²) in [5.74, 6) is -0.353. The van der Waals surface area contributed by atoms with Crippen molar-refractivity contribution in [2.24, 2.45) is 5.73 Å². The molecule has 0 spiro atoms. The van der Waals surface area contributed by atoms with Gasteiger partial charge in [0.2, 0.25) is 0 Å². The summed E-state index contributed by atoms with van der Waals surface area (Å²) in [6, 6.07) is 6.84. The molecule has 1 aliphatic carbocycles. The van der Waals surface area contributed by atoms with Crippen LogP contribution in [-0.4, -0.2) is 42.3 Å². The molecule has 2 aliphatic rings. The van der Waals surface area contributed by atoms with Crippen molar-refractivity contribution in [2.45, 2.75) is 18.5 Å². The molecule has 1 atom stereocenters. The Morgan fingerprint density at radius 1 is 1.25 bits per heavy atom. The number of aromatic nitrogens is 2. The van der Waals surface area contributed by atoms with Gasteiger partial charge in [-0.25, -0.2) is 8.78 Å². The largest absolute Gasteiger partial charge is 0.388 e. The highest BCUT2D eigenvalue weighted by atomic mass is 19.1. The number of alkyl halides is 1. The molecule has 1 aliphatic heterocycles. The molecule has 2 aromatic heterocycles. The van der Waals surface area contributed by atoms with Crippen molar-refractivity contribution in [3.8, 4) is 28.3 Å². The van der Waals surface area contributed by atoms with E-state index >= 15 is 4.39 Å². The molecule has 6 nitrogen and oxygen atoms in total. The van der Waals surface area contributed by atoms with Crippen LogP contribution in [0.4, 0.5) is 20.2 Å². The third-order valence-corrected chi connectivity index (χ3v) is 6.39. The Morgan fingerprint density at radius 3 is 2.81 bits per heavy atom. The second kappa shape index (κ2) is 7.53. The van der Waals surface area contributed by atoms with Crippen LogP contribution >= 0.6 is 0 Å². The van der Waals surface area contributed by atoms with E-state index in [1.54, 1.807) is 25.5 Å². The zero-order chi connectivity index (χ0) is 22.5. The summed E-state index contributed by atoms with van der Waals surface area (Å²) in [5.41, 5.74) is 10.9. The summed E-state index contributed by atoms with van der Waals surface area (Å²) >= 11 is 0. The third-order valence-electron chi connectivity index (χ3n) is 6.39. The Hall–Kier alpha value is -3.57. The number of benzene rings is 1. The van der Waals surface area contributed by atoms with Crippen molar-refractivity contribution in [1.82, 2.24) is 9.97 Å². The Bertz CT molecular complexity index is 1270. The van der Waals surface area contributed by atoms with Crippen molar-refractivity contribution in [2.75, 3.05) is 36.9 Å². The fourth-order valence-electron chi connectivity index (χ4n) is 4.78. The van der Waals surface area contributed by atoms with Crippen LogP contribution in [0, 0.1) is 17.1 Å². The first-order valence-electron chi connectivity index (χ1n) is 10.5. The maximum absolute atomic E-state index is 15.2. The first kappa shape index (κ1) is 20.3. The number of nitrogens with zero attached hydrogens (tertiary/aromatic N) is 4. The quantitative estimate of drug-likeness (QED) is 0.512. The van der Waals surface area contributed by atoms with E-state index < -0.39 is 5.67 Å². The lowest BCUT2D eigenvalue weighted by Gasteiger charge is -2.26. The van der Waals surface area contributed by atoms with Crippen LogP contribution < -0.4 is 16.0 Å². The van der Waals surface area contributed by atoms with Gasteiger partial charge < -0.3 is 16.0 Å². The summed E-state index contributed by atoms with van der Waals surface area (Å²) < 4.78 is 29.7. The highest BCUT2D eigenvalue weighted by molar-refractivity contribution is 5.96. The molecular formula is C24H22F2N6. The van der Waals surface area contributed by atoms with Crippen molar-refractivity contribution in [1.29, 1.82) is 5.26 Å². The molecule has 162 valence electrons. The van der Waals surface area contributed by atoms with Crippen molar-refractivity contribution < 1.29 is 8.78 Å². The number of nitriles is 1. The van der Waals surface area contributed by atoms with E-state index in [0.717, 1.165) is 33.6 Å². The Morgan fingerprint density at radius 2 is 2.09 bits per heavy atom. The Labute approximate surface area is 184 Å². The number of hydrogen-bond acceptors (Lipinski definition) is 6. The molecule has 0 saturated carbocycles. The van der Waals surface area contributed by atoms with Gasteiger partial charge in [0, 0.05) is 73.9 Å². The molecule has 1 unspecified atom stereocenters. The summed E-state index contributed by atoms with van der Waals surface area (Å²) in [6.07, 6.45) is 5.76. The lowest BCUT2D eigenvalue weighted by molar-refractivity contribution is 0.204. The highest BCUT2D eigenvalue weighted by Gasteiger charge is 2.40. The van der Waals surface area contributed by atoms with E-state index in [4.69, 9.17) is 10.7 Å². The molecule has 3 aromatic rings. The van der Waals surface area contributed by atoms with Crippen LogP contribution in [0.2, 0.25) is 0 Å². The summed E-state index contributed by atoms with van der Waals surface area (Å²) in [4.78, 5) is 10.9. The SMILES string of the molecule is CNc1cc(F)cc2c1Cc1ncc(-c3cncc(C#N)c3)c(N3CCC(F)(CN)C3)c1-2. The lowest BCUT2D eigenvalue weighted by atomic mass is 9.97. The zero-order valence-electron chi connectivity index (χ0n) is 17.6. The normalized spacial score (nSPS) is 18.9. The minimum Gasteiger partial charge on any atom is -0.388 e. The molecule has 3 heterocycles. The molecule has 1 fully saturated rings. The minimum atomic E-state index is -1.49. The monoisotopic (exact) mass is 432 g/mol. The lowest BCUT2D eigenvalue weighted by Crippen LogP contribution is -2.36. The van der Waals surface area contributed by atoms with E-state index in [2.05, 4.69) is 16.4 Å². The van der Waals surface area contributed by atoms with Crippen LogP contribution in [0.15, 0.2) is 36.8 Å². The molecular weight excluding hydrogens is 410 g/mol. The molecule has 0 radical (unpaired) electrons. The van der Waals surface area contributed by atoms with Crippen molar-refractivity contribution in [3.05, 3.63) is 59.4 Å². The van der Waals surface area contributed by atoms with Crippen LogP contribution in [0.5, 0.6) is 0 Å². The van der Waals surface area contributed by atoms with Gasteiger partial charge in [-0.15, -0.1) is 0 Å². The van der Waals surface area contributed by atoms with Gasteiger partial charge in [-0.2, -0.15) is 5.26 Å². The van der Waals surface area contributed by atoms with E-state index in [1.165, 1.54) is 18.3 Å². The van der Waals surface area contributed by atoms with Crippen LogP contribution in [0.3, 0.4) is 0 Å². The molecule has 32 heavy (non-hydrogen) atoms. The first-order chi connectivity index (χ1) is 15.5. The Kier molecular flexibility index (Phi) is 4.79. The maximum atomic E-state index is 15.2. The van der Waals surface area contributed by atoms with Crippen LogP contribution in [-0.2, 0) is 6.42 Å². The molecule has 0 amide bonds. The number of hydrogen-bond donors (Lipinski definition) is 2. The number of fused-ring (bicyclic) bond motifs is 3. The number of pyridine rings is 2. The number of halogens is 2. The summed E-state index contributed by atoms with van der Waals surface area (Å²) in [6.45, 7) is 0.556. The van der Waals surface area contributed by atoms with Crippen LogP contribution in [0.1, 0.15) is 23.2 Å². The third kappa shape index (κ3) is 3.17. The van der Waals surface area contributed by atoms with Gasteiger partial charge in [-0.05, 0) is 29.3 Å². The predicted molar refractivity (Wildman–Crippen MR) is 120 cm³/mol. The van der Waals surface area contributed by atoms with Gasteiger partial charge in [0.05, 0.1) is 23.5 Å². The Balaban J connectivity index is 1.77. The van der Waals surface area contributed by atoms with Crippen LogP contribution in [0.25, 0.3) is 22.3 Å². The molecule has 3 N–H and O–H groups in total. The van der Waals surface area contributed by atoms with E-state index in [-0.39, 0.29) is 18.9 Å². The topological polar surface area (TPSA) is 90.9 Å². The maximum Gasteiger partial charge on any atom is 0.142 e. The van der Waals surface area contributed by atoms with E-state index in [1.807, 2.05) is 4.90 Å². The summed E-state index contributed by atoms with van der Waals surface area (Å²) in [7, 11) is 1.76. The van der Waals surface area contributed by atoms with Gasteiger partial charge in [0.25, 0.3) is 0 Å². The van der Waals surface area contributed by atoms with E-state index in [0.29, 0.717) is 36.2 Å². The smallest absolute Gasteiger partial charge is 0.142 e. The second-order valence-corrected chi connectivity index (χ2v) is 8.35. The first-order valence-corrected chi connectivity index (χ1v) is 10.5. The average molecular weight is 432 g/mol. The minimum absolute atomic E-state index is 0.0628. The zero-order valence-corrected chi connectivity index (χ0v) is 17.6. The molecule has 0 bridgehead atoms. The van der Waals surface area contributed by atoms with Gasteiger partial charge in [0.15, 0.2) is 0 Å². The standard InChI is InChI=1S/C24H22F2N6/c1-29-20-6-16(25)5-18-17(20)7-21-22(18)23(32-3-2-24(26,12-28)13-32)19(11-31-21)15-4-14(8-27)9-30-10-15/h4-6,9-11,29H,2-3,7,12-13,28H2,1H3. The van der Waals surface area contributed by atoms with Crippen molar-refractivity contribution in [3.63, 3.8) is 0 Å². The van der Waals surface area contributed by atoms with Gasteiger partial charge in [-0.3, -0.25) is 9.97 Å². The number of rotatable bonds is 4. The highest BCUT2D eigenvalue weighted by Crippen LogP contribution is 2.49. The van der Waals surface area contributed by atoms with Gasteiger partial charge in [-0.1, -0.05) is 0 Å². The second-order valence-electron chi connectivity index (χ2n) is 8.35. The fraction of sp³-hybridized carbons (Fsp3) is 0.292.